The van der Waals surface area contributed by atoms with E-state index in [1.807, 2.05) is 32.9 Å². The Morgan fingerprint density at radius 1 is 1.10 bits per heavy atom. The lowest BCUT2D eigenvalue weighted by atomic mass is 10.2. The van der Waals surface area contributed by atoms with Crippen LogP contribution >= 0.6 is 0 Å². The number of rotatable bonds is 0. The van der Waals surface area contributed by atoms with Crippen molar-refractivity contribution in [3.8, 4) is 5.75 Å². The predicted octanol–water partition coefficient (Wildman–Crippen LogP) is 2.97. The average molecular weight is 140 g/mol. The van der Waals surface area contributed by atoms with Crippen molar-refractivity contribution >= 4 is 0 Å². The van der Waals surface area contributed by atoms with Crippen LogP contribution in [0.1, 0.15) is 20.8 Å². The largest absolute Gasteiger partial charge is 0.508 e. The minimum atomic E-state index is 0. The van der Waals surface area contributed by atoms with Crippen LogP contribution in [0.5, 0.6) is 5.75 Å². The lowest BCUT2D eigenvalue weighted by Crippen LogP contribution is -1.66. The third-order valence-corrected chi connectivity index (χ3v) is 1.03. The summed E-state index contributed by atoms with van der Waals surface area (Å²) in [4.78, 5) is 0. The molecule has 0 amide bonds. The number of aryl methyl sites for hydroxylation is 1. The first-order valence-corrected chi connectivity index (χ1v) is 3.54. The molecule has 0 radical (unpaired) electrons. The van der Waals surface area contributed by atoms with Crippen LogP contribution in [-0.4, -0.2) is 5.11 Å². The molecule has 0 unspecified atom stereocenters. The van der Waals surface area contributed by atoms with Gasteiger partial charge in [-0.25, -0.2) is 0 Å². The van der Waals surface area contributed by atoms with E-state index in [2.05, 4.69) is 0 Å². The molecule has 0 aromatic heterocycles. The SMILES string of the molecule is CC.Cc1ccc(O)cc1.[HH]. The summed E-state index contributed by atoms with van der Waals surface area (Å²) >= 11 is 0. The lowest BCUT2D eigenvalue weighted by molar-refractivity contribution is 0.475. The monoisotopic (exact) mass is 140 g/mol. The Balaban J connectivity index is 0. The molecule has 58 valence electrons. The minimum absolute atomic E-state index is 0. The van der Waals surface area contributed by atoms with Crippen LogP contribution in [0.2, 0.25) is 0 Å². The summed E-state index contributed by atoms with van der Waals surface area (Å²) in [6.45, 7) is 5.99. The Bertz CT molecular complexity index is 148. The van der Waals surface area contributed by atoms with E-state index in [4.69, 9.17) is 5.11 Å². The summed E-state index contributed by atoms with van der Waals surface area (Å²) in [5.41, 5.74) is 1.17. The van der Waals surface area contributed by atoms with Gasteiger partial charge in [0.25, 0.3) is 0 Å². The molecular weight excluding hydrogens is 124 g/mol. The lowest BCUT2D eigenvalue weighted by Gasteiger charge is -1.89. The Kier molecular flexibility index (Phi) is 4.38. The highest BCUT2D eigenvalue weighted by molar-refractivity contribution is 5.24. The minimum Gasteiger partial charge on any atom is -0.508 e. The third-order valence-electron chi connectivity index (χ3n) is 1.03. The Morgan fingerprint density at radius 3 is 1.80 bits per heavy atom. The second kappa shape index (κ2) is 4.86. The number of hydrogen-bond acceptors (Lipinski definition) is 1. The van der Waals surface area contributed by atoms with Gasteiger partial charge in [0.05, 0.1) is 0 Å². The zero-order chi connectivity index (χ0) is 7.98. The number of hydrogen-bond donors (Lipinski definition) is 1. The highest BCUT2D eigenvalue weighted by Gasteiger charge is 1.82. The first-order chi connectivity index (χ1) is 4.79. The maximum absolute atomic E-state index is 8.76. The van der Waals surface area contributed by atoms with Gasteiger partial charge in [-0.2, -0.15) is 0 Å². The summed E-state index contributed by atoms with van der Waals surface area (Å²) < 4.78 is 0. The van der Waals surface area contributed by atoms with Crippen molar-refractivity contribution in [1.82, 2.24) is 0 Å². The molecule has 1 heteroatoms. The third kappa shape index (κ3) is 3.13. The van der Waals surface area contributed by atoms with Crippen LogP contribution in [0.4, 0.5) is 0 Å². The van der Waals surface area contributed by atoms with E-state index in [0.29, 0.717) is 5.75 Å². The van der Waals surface area contributed by atoms with Gasteiger partial charge in [-0.15, -0.1) is 0 Å². The molecular formula is C9H16O. The zero-order valence-electron chi connectivity index (χ0n) is 6.76. The van der Waals surface area contributed by atoms with Crippen LogP contribution in [0.15, 0.2) is 24.3 Å². The van der Waals surface area contributed by atoms with E-state index in [0.717, 1.165) is 0 Å². The highest BCUT2D eigenvalue weighted by Crippen LogP contribution is 2.07. The molecule has 0 aliphatic heterocycles. The topological polar surface area (TPSA) is 20.2 Å². The fourth-order valence-electron chi connectivity index (χ4n) is 0.545. The molecule has 0 saturated carbocycles. The van der Waals surface area contributed by atoms with Crippen molar-refractivity contribution in [2.45, 2.75) is 20.8 Å². The number of phenols is 1. The van der Waals surface area contributed by atoms with Crippen LogP contribution in [0.3, 0.4) is 0 Å². The van der Waals surface area contributed by atoms with Crippen LogP contribution in [-0.2, 0) is 0 Å². The highest BCUT2D eigenvalue weighted by atomic mass is 16.3. The quantitative estimate of drug-likeness (QED) is 0.587. The average Bonchev–Trinajstić information content (AvgIpc) is 2.00. The fraction of sp³-hybridized carbons (Fsp3) is 0.333. The molecule has 1 aromatic carbocycles. The van der Waals surface area contributed by atoms with Gasteiger partial charge in [0.1, 0.15) is 5.75 Å². The van der Waals surface area contributed by atoms with Crippen molar-refractivity contribution in [3.63, 3.8) is 0 Å². The molecule has 0 saturated heterocycles. The predicted molar refractivity (Wildman–Crippen MR) is 46.3 cm³/mol. The normalized spacial score (nSPS) is 7.90. The Hall–Kier alpha value is -0.980. The van der Waals surface area contributed by atoms with E-state index >= 15 is 0 Å². The first-order valence-electron chi connectivity index (χ1n) is 3.54. The molecule has 0 atom stereocenters. The smallest absolute Gasteiger partial charge is 0.115 e. The molecule has 0 bridgehead atoms. The van der Waals surface area contributed by atoms with Crippen molar-refractivity contribution in [3.05, 3.63) is 29.8 Å². The second-order valence-corrected chi connectivity index (χ2v) is 1.84. The van der Waals surface area contributed by atoms with Gasteiger partial charge in [-0.1, -0.05) is 31.5 Å². The van der Waals surface area contributed by atoms with E-state index < -0.39 is 0 Å². The van der Waals surface area contributed by atoms with Gasteiger partial charge in [0.2, 0.25) is 0 Å². The van der Waals surface area contributed by atoms with Gasteiger partial charge in [0.15, 0.2) is 0 Å². The molecule has 0 aliphatic rings. The van der Waals surface area contributed by atoms with Crippen molar-refractivity contribution in [2.75, 3.05) is 0 Å². The second-order valence-electron chi connectivity index (χ2n) is 1.84. The molecule has 1 N–H and O–H groups in total. The standard InChI is InChI=1S/C7H8O.C2H6.H2/c1-6-2-4-7(8)5-3-6;1-2;/h2-5,8H,1H3;1-2H3;1H. The summed E-state index contributed by atoms with van der Waals surface area (Å²) in [6, 6.07) is 7.09. The summed E-state index contributed by atoms with van der Waals surface area (Å²) in [5.74, 6) is 0.329. The number of aromatic hydroxyl groups is 1. The molecule has 1 nitrogen and oxygen atoms in total. The molecule has 0 spiro atoms. The van der Waals surface area contributed by atoms with Crippen LogP contribution < -0.4 is 0 Å². The Labute approximate surface area is 63.8 Å². The molecule has 1 aromatic rings. The van der Waals surface area contributed by atoms with E-state index in [9.17, 15) is 0 Å². The summed E-state index contributed by atoms with van der Waals surface area (Å²) in [6.07, 6.45) is 0. The van der Waals surface area contributed by atoms with Crippen molar-refractivity contribution in [2.24, 2.45) is 0 Å². The zero-order valence-corrected chi connectivity index (χ0v) is 6.76. The van der Waals surface area contributed by atoms with Crippen LogP contribution in [0.25, 0.3) is 0 Å². The molecule has 10 heavy (non-hydrogen) atoms. The van der Waals surface area contributed by atoms with Gasteiger partial charge in [0, 0.05) is 1.43 Å². The Morgan fingerprint density at radius 2 is 1.50 bits per heavy atom. The van der Waals surface area contributed by atoms with Crippen molar-refractivity contribution < 1.29 is 6.53 Å². The van der Waals surface area contributed by atoms with Gasteiger partial charge in [-0.05, 0) is 19.1 Å². The number of phenolic OH excluding ortho intramolecular Hbond substituents is 1. The summed E-state index contributed by atoms with van der Waals surface area (Å²) in [5, 5.41) is 8.76. The van der Waals surface area contributed by atoms with Crippen LogP contribution in [0, 0.1) is 6.92 Å². The maximum atomic E-state index is 8.76. The van der Waals surface area contributed by atoms with E-state index in [1.165, 1.54) is 5.56 Å². The molecule has 1 rings (SSSR count). The van der Waals surface area contributed by atoms with Gasteiger partial charge < -0.3 is 5.11 Å². The fourth-order valence-corrected chi connectivity index (χ4v) is 0.545. The molecule has 0 fully saturated rings. The van der Waals surface area contributed by atoms with E-state index in [-0.39, 0.29) is 1.43 Å². The summed E-state index contributed by atoms with van der Waals surface area (Å²) in [7, 11) is 0. The van der Waals surface area contributed by atoms with Crippen molar-refractivity contribution in [1.29, 1.82) is 0 Å². The maximum Gasteiger partial charge on any atom is 0.115 e. The molecule has 0 aliphatic carbocycles. The van der Waals surface area contributed by atoms with Gasteiger partial charge in [-0.3, -0.25) is 0 Å². The van der Waals surface area contributed by atoms with E-state index in [1.54, 1.807) is 12.1 Å². The first kappa shape index (κ1) is 9.02. The molecule has 0 heterocycles. The van der Waals surface area contributed by atoms with Gasteiger partial charge >= 0.3 is 0 Å². The number of benzene rings is 1.